The van der Waals surface area contributed by atoms with Gasteiger partial charge in [-0.1, -0.05) is 18.2 Å². The number of anilines is 1. The molecule has 8 heteroatoms. The maximum Gasteiger partial charge on any atom is 0.278 e. The fraction of sp³-hybridized carbons (Fsp3) is 0.360. The Bertz CT molecular complexity index is 1090. The van der Waals surface area contributed by atoms with E-state index >= 15 is 0 Å². The van der Waals surface area contributed by atoms with Gasteiger partial charge in [-0.3, -0.25) is 14.7 Å². The van der Waals surface area contributed by atoms with E-state index in [2.05, 4.69) is 15.2 Å². The number of benzene rings is 1. The molecule has 3 heterocycles. The molecule has 0 unspecified atom stereocenters. The highest BCUT2D eigenvalue weighted by Gasteiger charge is 2.27. The molecule has 0 radical (unpaired) electrons. The van der Waals surface area contributed by atoms with Crippen LogP contribution in [0.3, 0.4) is 0 Å². The Balaban J connectivity index is 1.34. The number of nitrogens with zero attached hydrogens (tertiary/aromatic N) is 4. The Morgan fingerprint density at radius 1 is 1.12 bits per heavy atom. The van der Waals surface area contributed by atoms with E-state index in [-0.39, 0.29) is 23.8 Å². The highest BCUT2D eigenvalue weighted by Crippen LogP contribution is 2.28. The number of H-pyrrole nitrogens is 1. The Kier molecular flexibility index (Phi) is 6.72. The van der Waals surface area contributed by atoms with Crippen LogP contribution in [0.15, 0.2) is 54.7 Å². The van der Waals surface area contributed by atoms with Crippen molar-refractivity contribution in [3.63, 3.8) is 0 Å². The van der Waals surface area contributed by atoms with Crippen molar-refractivity contribution in [2.24, 2.45) is 0 Å². The number of hydrogen-bond acceptors (Lipinski definition) is 5. The molecule has 1 saturated heterocycles. The van der Waals surface area contributed by atoms with E-state index in [9.17, 15) is 9.59 Å². The molecule has 3 aromatic rings. The Hall–Kier alpha value is -3.68. The second kappa shape index (κ2) is 9.85. The normalized spacial score (nSPS) is 14.4. The lowest BCUT2D eigenvalue weighted by molar-refractivity contribution is 0.0711. The molecule has 1 aliphatic heterocycles. The smallest absolute Gasteiger partial charge is 0.278 e. The summed E-state index contributed by atoms with van der Waals surface area (Å²) in [6, 6.07) is 14.8. The Labute approximate surface area is 193 Å². The van der Waals surface area contributed by atoms with E-state index in [1.165, 1.54) is 0 Å². The van der Waals surface area contributed by atoms with Gasteiger partial charge < -0.3 is 14.5 Å². The number of rotatable bonds is 6. The van der Waals surface area contributed by atoms with Crippen molar-refractivity contribution in [1.29, 1.82) is 0 Å². The molecule has 1 fully saturated rings. The molecule has 172 valence electrons. The number of hydrogen-bond donors (Lipinski definition) is 1. The molecule has 33 heavy (non-hydrogen) atoms. The number of carbonyl (C=O) groups excluding carboxylic acids is 2. The molecule has 0 bridgehead atoms. The molecule has 4 rings (SSSR count). The number of ether oxygens (including phenoxy) is 1. The van der Waals surface area contributed by atoms with E-state index in [1.807, 2.05) is 55.1 Å². The number of aromatic nitrogens is 3. The number of pyridine rings is 1. The molecule has 0 atom stereocenters. The van der Waals surface area contributed by atoms with Crippen LogP contribution in [-0.4, -0.2) is 58.1 Å². The fourth-order valence-electron chi connectivity index (χ4n) is 3.99. The van der Waals surface area contributed by atoms with Crippen LogP contribution in [-0.2, 0) is 0 Å². The lowest BCUT2D eigenvalue weighted by Gasteiger charge is -2.31. The van der Waals surface area contributed by atoms with E-state index in [0.717, 1.165) is 24.2 Å². The first kappa shape index (κ1) is 22.5. The van der Waals surface area contributed by atoms with Crippen LogP contribution >= 0.6 is 0 Å². The molecule has 8 nitrogen and oxygen atoms in total. The summed E-state index contributed by atoms with van der Waals surface area (Å²) in [5.74, 6) is 0.559. The van der Waals surface area contributed by atoms with Gasteiger partial charge in [0.1, 0.15) is 0 Å². The Morgan fingerprint density at radius 3 is 2.48 bits per heavy atom. The van der Waals surface area contributed by atoms with Gasteiger partial charge in [-0.25, -0.2) is 4.98 Å². The average Bonchev–Trinajstić information content (AvgIpc) is 3.34. The van der Waals surface area contributed by atoms with Gasteiger partial charge in [-0.15, -0.1) is 0 Å². The van der Waals surface area contributed by atoms with Crippen LogP contribution in [0.4, 0.5) is 5.69 Å². The lowest BCUT2D eigenvalue weighted by Crippen LogP contribution is -2.38. The summed E-state index contributed by atoms with van der Waals surface area (Å²) in [4.78, 5) is 33.3. The van der Waals surface area contributed by atoms with Gasteiger partial charge in [-0.05, 0) is 51.0 Å². The van der Waals surface area contributed by atoms with Crippen molar-refractivity contribution in [3.8, 4) is 5.88 Å². The van der Waals surface area contributed by atoms with E-state index < -0.39 is 0 Å². The molecule has 1 N–H and O–H groups in total. The van der Waals surface area contributed by atoms with Gasteiger partial charge in [0.15, 0.2) is 5.69 Å². The highest BCUT2D eigenvalue weighted by atomic mass is 16.5. The maximum atomic E-state index is 12.9. The zero-order valence-electron chi connectivity index (χ0n) is 19.2. The average molecular weight is 448 g/mol. The maximum absolute atomic E-state index is 12.9. The van der Waals surface area contributed by atoms with Crippen LogP contribution < -0.4 is 9.64 Å². The van der Waals surface area contributed by atoms with Crippen LogP contribution in [0.1, 0.15) is 59.1 Å². The number of para-hydroxylation sites is 1. The fourth-order valence-corrected chi connectivity index (χ4v) is 3.99. The van der Waals surface area contributed by atoms with Crippen LogP contribution in [0.5, 0.6) is 5.88 Å². The van der Waals surface area contributed by atoms with Crippen molar-refractivity contribution >= 4 is 17.5 Å². The summed E-state index contributed by atoms with van der Waals surface area (Å²) in [6.45, 7) is 5.15. The van der Waals surface area contributed by atoms with Gasteiger partial charge in [0.25, 0.3) is 11.8 Å². The minimum Gasteiger partial charge on any atom is -0.475 e. The number of carbonyl (C=O) groups is 2. The van der Waals surface area contributed by atoms with Crippen LogP contribution in [0, 0.1) is 0 Å². The van der Waals surface area contributed by atoms with Gasteiger partial charge in [-0.2, -0.15) is 5.10 Å². The SMILES string of the molecule is CC(C)Oc1ccc(C(=O)N2CCC(c3cc(C(=O)N(C)c4ccccc4)n[nH]3)CC2)cn1. The van der Waals surface area contributed by atoms with Gasteiger partial charge in [0.05, 0.1) is 11.7 Å². The van der Waals surface area contributed by atoms with E-state index in [1.54, 1.807) is 30.3 Å². The molecule has 0 saturated carbocycles. The topological polar surface area (TPSA) is 91.4 Å². The largest absolute Gasteiger partial charge is 0.475 e. The number of likely N-dealkylation sites (tertiary alicyclic amines) is 1. The Morgan fingerprint density at radius 2 is 1.85 bits per heavy atom. The highest BCUT2D eigenvalue weighted by molar-refractivity contribution is 6.04. The quantitative estimate of drug-likeness (QED) is 0.619. The third-order valence-electron chi connectivity index (χ3n) is 5.83. The standard InChI is InChI=1S/C25H29N5O3/c1-17(2)33-23-10-9-19(16-26-23)24(31)30-13-11-18(12-14-30)21-15-22(28-27-21)25(32)29(3)20-7-5-4-6-8-20/h4-10,15-18H,11-14H2,1-3H3,(H,27,28). The first-order chi connectivity index (χ1) is 15.9. The van der Waals surface area contributed by atoms with Gasteiger partial charge >= 0.3 is 0 Å². The summed E-state index contributed by atoms with van der Waals surface area (Å²) in [5, 5.41) is 7.29. The zero-order valence-corrected chi connectivity index (χ0v) is 19.2. The second-order valence-corrected chi connectivity index (χ2v) is 8.53. The zero-order chi connectivity index (χ0) is 23.4. The predicted molar refractivity (Wildman–Crippen MR) is 126 cm³/mol. The molecule has 1 aromatic carbocycles. The summed E-state index contributed by atoms with van der Waals surface area (Å²) < 4.78 is 5.54. The molecule has 1 aliphatic rings. The number of nitrogens with one attached hydrogen (secondary N) is 1. The second-order valence-electron chi connectivity index (χ2n) is 8.53. The number of amides is 2. The molecular weight excluding hydrogens is 418 g/mol. The number of piperidine rings is 1. The summed E-state index contributed by atoms with van der Waals surface area (Å²) in [7, 11) is 1.74. The van der Waals surface area contributed by atoms with Crippen molar-refractivity contribution in [1.82, 2.24) is 20.1 Å². The van der Waals surface area contributed by atoms with E-state index in [0.29, 0.717) is 30.2 Å². The molecule has 0 aliphatic carbocycles. The number of aromatic amines is 1. The summed E-state index contributed by atoms with van der Waals surface area (Å²) in [6.07, 6.45) is 3.22. The predicted octanol–water partition coefficient (Wildman–Crippen LogP) is 3.89. The monoisotopic (exact) mass is 447 g/mol. The third-order valence-corrected chi connectivity index (χ3v) is 5.83. The molecule has 2 aromatic heterocycles. The minimum absolute atomic E-state index is 0.0259. The van der Waals surface area contributed by atoms with Gasteiger partial charge in [0, 0.05) is 49.7 Å². The van der Waals surface area contributed by atoms with Crippen LogP contribution in [0.2, 0.25) is 0 Å². The van der Waals surface area contributed by atoms with Crippen molar-refractivity contribution in [2.75, 3.05) is 25.0 Å². The molecule has 2 amide bonds. The van der Waals surface area contributed by atoms with Crippen molar-refractivity contribution in [3.05, 3.63) is 71.7 Å². The first-order valence-electron chi connectivity index (χ1n) is 11.2. The lowest BCUT2D eigenvalue weighted by atomic mass is 9.93. The van der Waals surface area contributed by atoms with Gasteiger partial charge in [0.2, 0.25) is 5.88 Å². The minimum atomic E-state index is -0.159. The van der Waals surface area contributed by atoms with Crippen molar-refractivity contribution in [2.45, 2.75) is 38.7 Å². The van der Waals surface area contributed by atoms with Crippen molar-refractivity contribution < 1.29 is 14.3 Å². The van der Waals surface area contributed by atoms with Crippen LogP contribution in [0.25, 0.3) is 0 Å². The third kappa shape index (κ3) is 5.22. The molecule has 0 spiro atoms. The summed E-state index contributed by atoms with van der Waals surface area (Å²) >= 11 is 0. The summed E-state index contributed by atoms with van der Waals surface area (Å²) in [5.41, 5.74) is 2.70. The molecular formula is C25H29N5O3. The van der Waals surface area contributed by atoms with E-state index in [4.69, 9.17) is 4.74 Å². The first-order valence-corrected chi connectivity index (χ1v) is 11.2.